The zero-order chi connectivity index (χ0) is 19.1. The first-order valence-corrected chi connectivity index (χ1v) is 9.07. The molecule has 0 radical (unpaired) electrons. The van der Waals surface area contributed by atoms with E-state index in [2.05, 4.69) is 9.98 Å². The highest BCUT2D eigenvalue weighted by atomic mass is 35.5. The van der Waals surface area contributed by atoms with E-state index in [4.69, 9.17) is 34.8 Å². The molecule has 8 heteroatoms. The van der Waals surface area contributed by atoms with Crippen LogP contribution in [0, 0.1) is 0 Å². The van der Waals surface area contributed by atoms with Gasteiger partial charge in [-0.1, -0.05) is 46.9 Å². The summed E-state index contributed by atoms with van der Waals surface area (Å²) in [6.45, 7) is 0.154. The molecular formula is C19H12Cl3N3O2. The number of hydrogen-bond acceptors (Lipinski definition) is 3. The van der Waals surface area contributed by atoms with E-state index in [0.29, 0.717) is 20.8 Å². The molecule has 0 saturated heterocycles. The van der Waals surface area contributed by atoms with Crippen molar-refractivity contribution in [3.8, 4) is 5.88 Å². The summed E-state index contributed by atoms with van der Waals surface area (Å²) in [6.07, 6.45) is 3.33. The van der Waals surface area contributed by atoms with Gasteiger partial charge in [-0.3, -0.25) is 9.56 Å². The number of imidazole rings is 1. The lowest BCUT2D eigenvalue weighted by Crippen LogP contribution is -2.17. The Balaban J connectivity index is 1.69. The average Bonchev–Trinajstić information content (AvgIpc) is 3.14. The minimum atomic E-state index is -0.434. The van der Waals surface area contributed by atoms with Gasteiger partial charge in [0.1, 0.15) is 5.69 Å². The largest absolute Gasteiger partial charge is 0.493 e. The second kappa shape index (κ2) is 6.93. The molecule has 0 spiro atoms. The predicted molar refractivity (Wildman–Crippen MR) is 110 cm³/mol. The summed E-state index contributed by atoms with van der Waals surface area (Å²) in [4.78, 5) is 19.2. The fraction of sp³-hybridized carbons (Fsp3) is 0.0526. The third kappa shape index (κ3) is 3.41. The molecule has 2 N–H and O–H groups in total. The molecule has 27 heavy (non-hydrogen) atoms. The van der Waals surface area contributed by atoms with Gasteiger partial charge in [-0.15, -0.1) is 0 Å². The number of aromatic hydroxyl groups is 1. The van der Waals surface area contributed by atoms with Crippen molar-refractivity contribution in [1.82, 2.24) is 9.55 Å². The minimum Gasteiger partial charge on any atom is -0.493 e. The van der Waals surface area contributed by atoms with Crippen molar-refractivity contribution in [2.45, 2.75) is 6.54 Å². The molecule has 4 rings (SSSR count). The van der Waals surface area contributed by atoms with Crippen molar-refractivity contribution >= 4 is 58.4 Å². The number of halogens is 3. The first-order valence-electron chi connectivity index (χ1n) is 7.94. The topological polar surface area (TPSA) is 70.4 Å². The fourth-order valence-electron chi connectivity index (χ4n) is 2.88. The molecule has 0 saturated carbocycles. The summed E-state index contributed by atoms with van der Waals surface area (Å²) in [5.41, 5.74) is 2.98. The second-order valence-electron chi connectivity index (χ2n) is 6.02. The van der Waals surface area contributed by atoms with Crippen LogP contribution >= 0.6 is 34.8 Å². The highest BCUT2D eigenvalue weighted by Gasteiger charge is 2.17. The summed E-state index contributed by atoms with van der Waals surface area (Å²) >= 11 is 17.9. The van der Waals surface area contributed by atoms with Gasteiger partial charge in [0.05, 0.1) is 22.3 Å². The monoisotopic (exact) mass is 419 g/mol. The van der Waals surface area contributed by atoms with Crippen LogP contribution in [0.1, 0.15) is 16.8 Å². The van der Waals surface area contributed by atoms with Crippen LogP contribution in [0.5, 0.6) is 5.88 Å². The van der Waals surface area contributed by atoms with Crippen LogP contribution < -0.4 is 5.69 Å². The van der Waals surface area contributed by atoms with E-state index in [1.807, 2.05) is 6.07 Å². The summed E-state index contributed by atoms with van der Waals surface area (Å²) in [6, 6.07) is 10.4. The van der Waals surface area contributed by atoms with Gasteiger partial charge in [-0.05, 0) is 35.9 Å². The fourth-order valence-corrected chi connectivity index (χ4v) is 3.37. The zero-order valence-corrected chi connectivity index (χ0v) is 16.0. The zero-order valence-electron chi connectivity index (χ0n) is 13.7. The predicted octanol–water partition coefficient (Wildman–Crippen LogP) is 5.15. The average molecular weight is 421 g/mol. The molecule has 2 aromatic carbocycles. The van der Waals surface area contributed by atoms with Crippen LogP contribution in [-0.2, 0) is 6.54 Å². The van der Waals surface area contributed by atoms with E-state index < -0.39 is 5.69 Å². The van der Waals surface area contributed by atoms with Crippen molar-refractivity contribution in [3.63, 3.8) is 0 Å². The third-order valence-electron chi connectivity index (χ3n) is 4.22. The quantitative estimate of drug-likeness (QED) is 0.615. The van der Waals surface area contributed by atoms with Crippen molar-refractivity contribution in [2.24, 2.45) is 4.99 Å². The van der Waals surface area contributed by atoms with Gasteiger partial charge in [0, 0.05) is 22.4 Å². The SMILES string of the molecule is O=c1[nH]c(/C=C2\C=Nc3cc(Cl)ccc32)c(O)n1Cc1ccc(Cl)c(Cl)c1. The Morgan fingerprint density at radius 1 is 1.11 bits per heavy atom. The van der Waals surface area contributed by atoms with Gasteiger partial charge in [-0.2, -0.15) is 0 Å². The Labute approximate surface area is 169 Å². The molecule has 1 aromatic heterocycles. The molecule has 2 heterocycles. The number of aromatic amines is 1. The summed E-state index contributed by atoms with van der Waals surface area (Å²) < 4.78 is 1.22. The van der Waals surface area contributed by atoms with Crippen LogP contribution in [0.25, 0.3) is 11.6 Å². The van der Waals surface area contributed by atoms with E-state index in [9.17, 15) is 9.90 Å². The van der Waals surface area contributed by atoms with E-state index in [0.717, 1.165) is 22.4 Å². The highest BCUT2D eigenvalue weighted by molar-refractivity contribution is 6.42. The lowest BCUT2D eigenvalue weighted by atomic mass is 10.1. The molecule has 0 unspecified atom stereocenters. The number of aliphatic imine (C=N–C) groups is 1. The molecule has 0 atom stereocenters. The van der Waals surface area contributed by atoms with Gasteiger partial charge >= 0.3 is 5.69 Å². The van der Waals surface area contributed by atoms with Crippen molar-refractivity contribution in [2.75, 3.05) is 0 Å². The highest BCUT2D eigenvalue weighted by Crippen LogP contribution is 2.35. The number of allylic oxidation sites excluding steroid dienone is 1. The van der Waals surface area contributed by atoms with Gasteiger partial charge in [0.25, 0.3) is 0 Å². The Bertz CT molecular complexity index is 1180. The number of benzene rings is 2. The standard InChI is InChI=1S/C19H12Cl3N3O2/c20-12-2-3-13-11(8-23-16(13)7-12)6-17-18(26)25(19(27)24-17)9-10-1-4-14(21)15(22)5-10/h1-8,26H,9H2,(H,24,27)/b11-6+. The number of hydrogen-bond donors (Lipinski definition) is 2. The maximum absolute atomic E-state index is 12.3. The van der Waals surface area contributed by atoms with Crippen LogP contribution in [0.15, 0.2) is 46.2 Å². The molecule has 1 aliphatic heterocycles. The van der Waals surface area contributed by atoms with E-state index in [1.54, 1.807) is 42.6 Å². The lowest BCUT2D eigenvalue weighted by molar-refractivity contribution is 0.420. The van der Waals surface area contributed by atoms with Crippen LogP contribution in [0.4, 0.5) is 5.69 Å². The summed E-state index contributed by atoms with van der Waals surface area (Å²) in [5, 5.41) is 11.9. The van der Waals surface area contributed by atoms with Crippen molar-refractivity contribution in [3.05, 3.63) is 78.8 Å². The normalized spacial score (nSPS) is 14.1. The molecule has 0 bridgehead atoms. The number of rotatable bonds is 3. The lowest BCUT2D eigenvalue weighted by Gasteiger charge is -2.05. The summed E-state index contributed by atoms with van der Waals surface area (Å²) in [5.74, 6) is -0.172. The number of aromatic nitrogens is 2. The third-order valence-corrected chi connectivity index (χ3v) is 5.20. The first-order chi connectivity index (χ1) is 12.9. The van der Waals surface area contributed by atoms with Gasteiger partial charge < -0.3 is 10.1 Å². The van der Waals surface area contributed by atoms with Crippen LogP contribution in [0.3, 0.4) is 0 Å². The Kier molecular flexibility index (Phi) is 4.60. The Hall–Kier alpha value is -2.47. The molecular weight excluding hydrogens is 409 g/mol. The van der Waals surface area contributed by atoms with E-state index in [-0.39, 0.29) is 12.4 Å². The van der Waals surface area contributed by atoms with E-state index >= 15 is 0 Å². The minimum absolute atomic E-state index is 0.154. The molecule has 5 nitrogen and oxygen atoms in total. The molecule has 0 aliphatic carbocycles. The number of nitrogens with one attached hydrogen (secondary N) is 1. The molecule has 3 aromatic rings. The molecule has 136 valence electrons. The second-order valence-corrected chi connectivity index (χ2v) is 7.27. The van der Waals surface area contributed by atoms with Gasteiger partial charge in [0.15, 0.2) is 0 Å². The summed E-state index contributed by atoms with van der Waals surface area (Å²) in [7, 11) is 0. The van der Waals surface area contributed by atoms with Gasteiger partial charge in [0.2, 0.25) is 5.88 Å². The Morgan fingerprint density at radius 3 is 2.70 bits per heavy atom. The molecule has 0 fully saturated rings. The molecule has 0 amide bonds. The Morgan fingerprint density at radius 2 is 1.93 bits per heavy atom. The maximum atomic E-state index is 12.3. The molecule has 1 aliphatic rings. The van der Waals surface area contributed by atoms with Crippen LogP contribution in [0.2, 0.25) is 15.1 Å². The number of fused-ring (bicyclic) bond motifs is 1. The van der Waals surface area contributed by atoms with Gasteiger partial charge in [-0.25, -0.2) is 4.79 Å². The van der Waals surface area contributed by atoms with E-state index in [1.165, 1.54) is 4.57 Å². The first kappa shape index (κ1) is 17.9. The number of H-pyrrole nitrogens is 1. The van der Waals surface area contributed by atoms with Crippen molar-refractivity contribution < 1.29 is 5.11 Å². The van der Waals surface area contributed by atoms with Crippen molar-refractivity contribution in [1.29, 1.82) is 0 Å². The maximum Gasteiger partial charge on any atom is 0.329 e. The number of nitrogens with zero attached hydrogens (tertiary/aromatic N) is 2. The smallest absolute Gasteiger partial charge is 0.329 e. The van der Waals surface area contributed by atoms with Crippen LogP contribution in [-0.4, -0.2) is 20.9 Å².